The summed E-state index contributed by atoms with van der Waals surface area (Å²) in [5.74, 6) is 0.453. The van der Waals surface area contributed by atoms with Crippen LogP contribution in [0.15, 0.2) is 24.3 Å². The predicted molar refractivity (Wildman–Crippen MR) is 93.4 cm³/mol. The molecule has 0 radical (unpaired) electrons. The molecular formula is C17H18FN5O2S. The van der Waals surface area contributed by atoms with E-state index in [1.54, 1.807) is 27.6 Å². The maximum absolute atomic E-state index is 14.0. The highest BCUT2D eigenvalue weighted by molar-refractivity contribution is 7.16. The number of aromatic nitrogens is 4. The van der Waals surface area contributed by atoms with E-state index in [9.17, 15) is 9.18 Å². The first-order valence-corrected chi connectivity index (χ1v) is 9.25. The number of hydrogen-bond acceptors (Lipinski definition) is 6. The van der Waals surface area contributed by atoms with Gasteiger partial charge >= 0.3 is 0 Å². The second-order valence-electron chi connectivity index (χ2n) is 6.16. The molecule has 0 N–H and O–H groups in total. The van der Waals surface area contributed by atoms with E-state index in [4.69, 9.17) is 4.74 Å². The molecule has 7 nitrogen and oxygen atoms in total. The lowest BCUT2D eigenvalue weighted by atomic mass is 10.1. The van der Waals surface area contributed by atoms with Crippen molar-refractivity contribution in [3.8, 4) is 0 Å². The molecule has 0 aliphatic carbocycles. The van der Waals surface area contributed by atoms with Crippen LogP contribution >= 0.6 is 11.3 Å². The van der Waals surface area contributed by atoms with Crippen molar-refractivity contribution in [1.82, 2.24) is 24.7 Å². The van der Waals surface area contributed by atoms with Crippen LogP contribution in [0.2, 0.25) is 0 Å². The second-order valence-corrected chi connectivity index (χ2v) is 7.20. The Hall–Kier alpha value is -2.39. The zero-order chi connectivity index (χ0) is 18.1. The SMILES string of the molecule is Cc1nnc2sc(CCC(=O)N3CCOC(c4ccccc4F)C3)nn12. The first-order valence-electron chi connectivity index (χ1n) is 8.43. The Morgan fingerprint density at radius 1 is 1.38 bits per heavy atom. The van der Waals surface area contributed by atoms with Gasteiger partial charge in [-0.1, -0.05) is 29.5 Å². The van der Waals surface area contributed by atoms with Crippen molar-refractivity contribution < 1.29 is 13.9 Å². The molecule has 1 atom stereocenters. The zero-order valence-electron chi connectivity index (χ0n) is 14.3. The van der Waals surface area contributed by atoms with Crippen LogP contribution in [-0.2, 0) is 16.0 Å². The van der Waals surface area contributed by atoms with Gasteiger partial charge < -0.3 is 9.64 Å². The summed E-state index contributed by atoms with van der Waals surface area (Å²) in [4.78, 5) is 15.0. The van der Waals surface area contributed by atoms with Crippen LogP contribution in [0.3, 0.4) is 0 Å². The van der Waals surface area contributed by atoms with Gasteiger partial charge in [0.2, 0.25) is 10.9 Å². The van der Waals surface area contributed by atoms with Gasteiger partial charge in [-0.25, -0.2) is 4.39 Å². The van der Waals surface area contributed by atoms with Crippen molar-refractivity contribution in [2.45, 2.75) is 25.9 Å². The van der Waals surface area contributed by atoms with Crippen molar-refractivity contribution in [3.63, 3.8) is 0 Å². The molecule has 0 saturated carbocycles. The monoisotopic (exact) mass is 375 g/mol. The third-order valence-electron chi connectivity index (χ3n) is 4.41. The van der Waals surface area contributed by atoms with Crippen LogP contribution in [0, 0.1) is 12.7 Å². The number of fused-ring (bicyclic) bond motifs is 1. The van der Waals surface area contributed by atoms with Crippen LogP contribution < -0.4 is 0 Å². The largest absolute Gasteiger partial charge is 0.370 e. The molecule has 3 heterocycles. The van der Waals surface area contributed by atoms with E-state index in [2.05, 4.69) is 15.3 Å². The van der Waals surface area contributed by atoms with Gasteiger partial charge in [-0.05, 0) is 13.0 Å². The smallest absolute Gasteiger partial charge is 0.234 e. The van der Waals surface area contributed by atoms with Gasteiger partial charge in [-0.2, -0.15) is 9.61 Å². The number of amides is 1. The number of carbonyl (C=O) groups is 1. The van der Waals surface area contributed by atoms with Gasteiger partial charge in [-0.15, -0.1) is 10.2 Å². The maximum Gasteiger partial charge on any atom is 0.234 e. The topological polar surface area (TPSA) is 72.6 Å². The molecule has 2 aromatic heterocycles. The Labute approximate surface area is 153 Å². The molecule has 1 unspecified atom stereocenters. The summed E-state index contributed by atoms with van der Waals surface area (Å²) >= 11 is 1.44. The average molecular weight is 375 g/mol. The van der Waals surface area contributed by atoms with Crippen LogP contribution in [0.4, 0.5) is 4.39 Å². The molecule has 1 aliphatic rings. The van der Waals surface area contributed by atoms with Crippen LogP contribution in [0.1, 0.15) is 28.9 Å². The summed E-state index contributed by atoms with van der Waals surface area (Å²) in [5.41, 5.74) is 0.495. The molecule has 1 amide bonds. The van der Waals surface area contributed by atoms with E-state index in [1.165, 1.54) is 17.4 Å². The number of morpholine rings is 1. The number of benzene rings is 1. The van der Waals surface area contributed by atoms with E-state index in [0.717, 1.165) is 15.8 Å². The van der Waals surface area contributed by atoms with Crippen molar-refractivity contribution in [3.05, 3.63) is 46.5 Å². The molecule has 0 spiro atoms. The standard InChI is InChI=1S/C17H18FN5O2S/c1-11-19-20-17-23(11)21-15(26-17)6-7-16(24)22-8-9-25-14(10-22)12-4-2-3-5-13(12)18/h2-5,14H,6-10H2,1H3. The Kier molecular flexibility index (Phi) is 4.64. The van der Waals surface area contributed by atoms with Crippen molar-refractivity contribution in [1.29, 1.82) is 0 Å². The minimum absolute atomic E-state index is 0.0253. The molecule has 1 aliphatic heterocycles. The van der Waals surface area contributed by atoms with Crippen molar-refractivity contribution in [2.75, 3.05) is 19.7 Å². The maximum atomic E-state index is 14.0. The lowest BCUT2D eigenvalue weighted by Gasteiger charge is -2.33. The molecule has 3 aromatic rings. The van der Waals surface area contributed by atoms with E-state index in [-0.39, 0.29) is 11.7 Å². The van der Waals surface area contributed by atoms with Gasteiger partial charge in [0.1, 0.15) is 16.9 Å². The number of halogens is 1. The zero-order valence-corrected chi connectivity index (χ0v) is 15.1. The van der Waals surface area contributed by atoms with Gasteiger partial charge in [0, 0.05) is 24.9 Å². The third-order valence-corrected chi connectivity index (χ3v) is 5.37. The Morgan fingerprint density at radius 2 is 2.23 bits per heavy atom. The number of hydrogen-bond donors (Lipinski definition) is 0. The molecule has 26 heavy (non-hydrogen) atoms. The fraction of sp³-hybridized carbons (Fsp3) is 0.412. The van der Waals surface area contributed by atoms with E-state index in [1.807, 2.05) is 6.92 Å². The first kappa shape index (κ1) is 17.0. The highest BCUT2D eigenvalue weighted by Gasteiger charge is 2.27. The summed E-state index contributed by atoms with van der Waals surface area (Å²) in [6.07, 6.45) is 0.479. The van der Waals surface area contributed by atoms with Crippen LogP contribution in [0.25, 0.3) is 4.96 Å². The molecule has 4 rings (SSSR count). The van der Waals surface area contributed by atoms with E-state index >= 15 is 0 Å². The Bertz CT molecular complexity index is 940. The number of ether oxygens (including phenoxy) is 1. The lowest BCUT2D eigenvalue weighted by molar-refractivity contribution is -0.139. The minimum atomic E-state index is -0.425. The van der Waals surface area contributed by atoms with E-state index < -0.39 is 6.10 Å². The summed E-state index contributed by atoms with van der Waals surface area (Å²) in [5, 5.41) is 13.3. The van der Waals surface area contributed by atoms with Gasteiger partial charge in [0.25, 0.3) is 0 Å². The molecule has 1 fully saturated rings. The third kappa shape index (κ3) is 3.32. The fourth-order valence-corrected chi connectivity index (χ4v) is 3.91. The van der Waals surface area contributed by atoms with Gasteiger partial charge in [0.05, 0.1) is 13.2 Å². The quantitative estimate of drug-likeness (QED) is 0.699. The first-order chi connectivity index (χ1) is 12.6. The van der Waals surface area contributed by atoms with Crippen LogP contribution in [0.5, 0.6) is 0 Å². The molecule has 9 heteroatoms. The lowest BCUT2D eigenvalue weighted by Crippen LogP contribution is -2.42. The van der Waals surface area contributed by atoms with Crippen molar-refractivity contribution in [2.24, 2.45) is 0 Å². The predicted octanol–water partition coefficient (Wildman–Crippen LogP) is 2.17. The van der Waals surface area contributed by atoms with E-state index in [0.29, 0.717) is 38.1 Å². The summed E-state index contributed by atoms with van der Waals surface area (Å²) in [7, 11) is 0. The van der Waals surface area contributed by atoms with Crippen LogP contribution in [-0.4, -0.2) is 50.3 Å². The highest BCUT2D eigenvalue weighted by atomic mass is 32.1. The number of carbonyl (C=O) groups excluding carboxylic acids is 1. The average Bonchev–Trinajstić information content (AvgIpc) is 3.22. The van der Waals surface area contributed by atoms with Crippen molar-refractivity contribution >= 4 is 22.2 Å². The summed E-state index contributed by atoms with van der Waals surface area (Å²) in [6.45, 7) is 3.13. The molecule has 1 saturated heterocycles. The fourth-order valence-electron chi connectivity index (χ4n) is 3.03. The normalized spacial score (nSPS) is 17.8. The van der Waals surface area contributed by atoms with Gasteiger partial charge in [0.15, 0.2) is 5.82 Å². The summed E-state index contributed by atoms with van der Waals surface area (Å²) in [6, 6.07) is 6.54. The van der Waals surface area contributed by atoms with Gasteiger partial charge in [-0.3, -0.25) is 4.79 Å². The summed E-state index contributed by atoms with van der Waals surface area (Å²) < 4.78 is 21.3. The Morgan fingerprint density at radius 3 is 3.04 bits per heavy atom. The minimum Gasteiger partial charge on any atom is -0.370 e. The Balaban J connectivity index is 1.38. The molecule has 136 valence electrons. The molecular weight excluding hydrogens is 357 g/mol. The highest BCUT2D eigenvalue weighted by Crippen LogP contribution is 2.25. The molecule has 0 bridgehead atoms. The number of nitrogens with zero attached hydrogens (tertiary/aromatic N) is 5. The number of aryl methyl sites for hydroxylation is 2. The number of rotatable bonds is 4. The molecule has 1 aromatic carbocycles. The second kappa shape index (κ2) is 7.08.